The van der Waals surface area contributed by atoms with Crippen molar-refractivity contribution in [2.24, 2.45) is 13.0 Å². The fourth-order valence-corrected chi connectivity index (χ4v) is 4.92. The molecule has 6 heteroatoms. The lowest BCUT2D eigenvalue weighted by molar-refractivity contribution is -0.137. The van der Waals surface area contributed by atoms with Gasteiger partial charge in [0.25, 0.3) is 0 Å². The number of rotatable bonds is 8. The minimum atomic E-state index is 0.0347. The second kappa shape index (κ2) is 12.8. The van der Waals surface area contributed by atoms with Crippen LogP contribution in [-0.2, 0) is 29.5 Å². The van der Waals surface area contributed by atoms with Crippen molar-refractivity contribution < 1.29 is 9.53 Å². The second-order valence-corrected chi connectivity index (χ2v) is 9.96. The highest BCUT2D eigenvalue weighted by Gasteiger charge is 2.36. The largest absolute Gasteiger partial charge is 0.385 e. The standard InChI is InChI=1S/C24H32N2O2.C6H7NO/c1-28-13-5-6-18-14-19-7-2-3-9-23(19)21(15-18)17-26(22-10-11-22)24(27)20-8-4-12-25-16-20;1-7-5-3-2-4-6(7)8/h2-3,7,9,14-15,20,22,25H,4-6,8,10-13,16-17H2,1H3;2-5H,1H3. The highest BCUT2D eigenvalue weighted by atomic mass is 16.5. The lowest BCUT2D eigenvalue weighted by Crippen LogP contribution is -2.43. The second-order valence-electron chi connectivity index (χ2n) is 9.96. The third-order valence-corrected chi connectivity index (χ3v) is 7.09. The molecule has 1 saturated carbocycles. The van der Waals surface area contributed by atoms with Crippen molar-refractivity contribution in [3.63, 3.8) is 0 Å². The highest BCUT2D eigenvalue weighted by Crippen LogP contribution is 2.32. The van der Waals surface area contributed by atoms with Crippen LogP contribution in [0.25, 0.3) is 10.8 Å². The van der Waals surface area contributed by atoms with Crippen molar-refractivity contribution >= 4 is 16.7 Å². The molecule has 0 radical (unpaired) electrons. The van der Waals surface area contributed by atoms with Gasteiger partial charge < -0.3 is 19.5 Å². The SMILES string of the molecule is COCCCc1cc(CN(C(=O)C2CCCNC2)C2CC2)c2ccccc2c1.Cn1ccccc1=O. The molecule has 36 heavy (non-hydrogen) atoms. The van der Waals surface area contributed by atoms with E-state index < -0.39 is 0 Å². The molecule has 0 bridgehead atoms. The quantitative estimate of drug-likeness (QED) is 0.480. The topological polar surface area (TPSA) is 63.6 Å². The number of benzene rings is 2. The van der Waals surface area contributed by atoms with Gasteiger partial charge in [-0.05, 0) is 73.0 Å². The first-order valence-corrected chi connectivity index (χ1v) is 13.2. The van der Waals surface area contributed by atoms with Gasteiger partial charge in [0.1, 0.15) is 0 Å². The Labute approximate surface area is 214 Å². The predicted molar refractivity (Wildman–Crippen MR) is 145 cm³/mol. The summed E-state index contributed by atoms with van der Waals surface area (Å²) >= 11 is 0. The number of hydrogen-bond donors (Lipinski definition) is 1. The van der Waals surface area contributed by atoms with Gasteiger partial charge in [-0.3, -0.25) is 9.59 Å². The van der Waals surface area contributed by atoms with Gasteiger partial charge in [-0.2, -0.15) is 0 Å². The van der Waals surface area contributed by atoms with Crippen LogP contribution >= 0.6 is 0 Å². The first-order valence-electron chi connectivity index (χ1n) is 13.2. The Morgan fingerprint density at radius 3 is 2.58 bits per heavy atom. The molecule has 1 saturated heterocycles. The molecule has 1 aromatic heterocycles. The zero-order valence-electron chi connectivity index (χ0n) is 21.6. The van der Waals surface area contributed by atoms with Crippen molar-refractivity contribution in [3.05, 3.63) is 82.3 Å². The van der Waals surface area contributed by atoms with Gasteiger partial charge in [0.15, 0.2) is 0 Å². The summed E-state index contributed by atoms with van der Waals surface area (Å²) in [4.78, 5) is 26.0. The smallest absolute Gasteiger partial charge is 0.250 e. The minimum absolute atomic E-state index is 0.0347. The third-order valence-electron chi connectivity index (χ3n) is 7.09. The Hall–Kier alpha value is -2.96. The zero-order valence-corrected chi connectivity index (χ0v) is 21.6. The highest BCUT2D eigenvalue weighted by molar-refractivity contribution is 5.87. The number of methoxy groups -OCH3 is 1. The average Bonchev–Trinajstić information content (AvgIpc) is 3.75. The molecule has 1 aliphatic carbocycles. The fourth-order valence-electron chi connectivity index (χ4n) is 4.92. The van der Waals surface area contributed by atoms with Gasteiger partial charge in [0.05, 0.1) is 5.92 Å². The molecule has 192 valence electrons. The molecule has 2 heterocycles. The Bertz CT molecular complexity index is 1200. The predicted octanol–water partition coefficient (Wildman–Crippen LogP) is 4.29. The number of fused-ring (bicyclic) bond motifs is 1. The maximum Gasteiger partial charge on any atom is 0.250 e. The van der Waals surface area contributed by atoms with E-state index in [9.17, 15) is 9.59 Å². The number of carbonyl (C=O) groups excluding carboxylic acids is 1. The van der Waals surface area contributed by atoms with Crippen LogP contribution in [0.3, 0.4) is 0 Å². The molecule has 1 aliphatic heterocycles. The number of amides is 1. The lowest BCUT2D eigenvalue weighted by atomic mass is 9.96. The van der Waals surface area contributed by atoms with Crippen LogP contribution in [0.15, 0.2) is 65.6 Å². The van der Waals surface area contributed by atoms with Crippen LogP contribution in [0.2, 0.25) is 0 Å². The van der Waals surface area contributed by atoms with Crippen LogP contribution in [0.4, 0.5) is 0 Å². The molecule has 5 rings (SSSR count). The minimum Gasteiger partial charge on any atom is -0.385 e. The van der Waals surface area contributed by atoms with Crippen molar-refractivity contribution in [1.29, 1.82) is 0 Å². The number of carbonyl (C=O) groups is 1. The number of pyridine rings is 1. The third kappa shape index (κ3) is 7.05. The van der Waals surface area contributed by atoms with Crippen LogP contribution in [-0.4, -0.2) is 48.2 Å². The van der Waals surface area contributed by atoms with E-state index in [4.69, 9.17) is 4.74 Å². The van der Waals surface area contributed by atoms with E-state index in [1.165, 1.54) is 32.5 Å². The maximum atomic E-state index is 13.3. The molecule has 1 N–H and O–H groups in total. The summed E-state index contributed by atoms with van der Waals surface area (Å²) in [7, 11) is 3.48. The Kier molecular flexibility index (Phi) is 9.31. The maximum absolute atomic E-state index is 13.3. The van der Waals surface area contributed by atoms with Crippen molar-refractivity contribution in [2.45, 2.75) is 51.1 Å². The molecule has 2 aromatic carbocycles. The number of nitrogens with zero attached hydrogens (tertiary/aromatic N) is 2. The molecule has 2 fully saturated rings. The van der Waals surface area contributed by atoms with Gasteiger partial charge in [0.2, 0.25) is 11.5 Å². The Morgan fingerprint density at radius 1 is 1.11 bits per heavy atom. The number of ether oxygens (including phenoxy) is 1. The number of piperidine rings is 1. The normalized spacial score (nSPS) is 17.3. The summed E-state index contributed by atoms with van der Waals surface area (Å²) in [6.45, 7) is 3.39. The molecule has 1 atom stereocenters. The van der Waals surface area contributed by atoms with Crippen molar-refractivity contribution in [1.82, 2.24) is 14.8 Å². The number of aromatic nitrogens is 1. The van der Waals surface area contributed by atoms with E-state index in [1.807, 2.05) is 6.07 Å². The van der Waals surface area contributed by atoms with Crippen LogP contribution in [0.5, 0.6) is 0 Å². The van der Waals surface area contributed by atoms with Gasteiger partial charge in [-0.15, -0.1) is 0 Å². The van der Waals surface area contributed by atoms with E-state index >= 15 is 0 Å². The van der Waals surface area contributed by atoms with Crippen molar-refractivity contribution in [3.8, 4) is 0 Å². The van der Waals surface area contributed by atoms with Crippen LogP contribution in [0.1, 0.15) is 43.2 Å². The molecular weight excluding hydrogens is 450 g/mol. The fraction of sp³-hybridized carbons (Fsp3) is 0.467. The molecule has 1 amide bonds. The zero-order chi connectivity index (χ0) is 25.3. The van der Waals surface area contributed by atoms with E-state index in [-0.39, 0.29) is 11.5 Å². The molecule has 1 unspecified atom stereocenters. The summed E-state index contributed by atoms with van der Waals surface area (Å²) in [6, 6.07) is 18.7. The summed E-state index contributed by atoms with van der Waals surface area (Å²) in [5.74, 6) is 0.495. The van der Waals surface area contributed by atoms with Gasteiger partial charge in [-0.25, -0.2) is 0 Å². The number of nitrogens with one attached hydrogen (secondary N) is 1. The summed E-state index contributed by atoms with van der Waals surface area (Å²) < 4.78 is 6.75. The average molecular weight is 490 g/mol. The van der Waals surface area contributed by atoms with Crippen LogP contribution < -0.4 is 10.9 Å². The van der Waals surface area contributed by atoms with Gasteiger partial charge >= 0.3 is 0 Å². The van der Waals surface area contributed by atoms with E-state index in [1.54, 1.807) is 26.4 Å². The molecule has 3 aromatic rings. The number of aryl methyl sites for hydroxylation is 2. The molecule has 2 aliphatic rings. The van der Waals surface area contributed by atoms with Gasteiger partial charge in [0, 0.05) is 52.2 Å². The van der Waals surface area contributed by atoms with E-state index in [0.717, 1.165) is 64.8 Å². The summed E-state index contributed by atoms with van der Waals surface area (Å²) in [6.07, 6.45) is 8.18. The van der Waals surface area contributed by atoms with Gasteiger partial charge in [-0.1, -0.05) is 42.5 Å². The summed E-state index contributed by atoms with van der Waals surface area (Å²) in [5, 5.41) is 5.95. The molecule has 6 nitrogen and oxygen atoms in total. The van der Waals surface area contributed by atoms with E-state index in [0.29, 0.717) is 11.9 Å². The van der Waals surface area contributed by atoms with E-state index in [2.05, 4.69) is 46.6 Å². The number of hydrogen-bond acceptors (Lipinski definition) is 4. The Balaban J connectivity index is 0.000000325. The summed E-state index contributed by atoms with van der Waals surface area (Å²) in [5.41, 5.74) is 2.66. The van der Waals surface area contributed by atoms with Crippen LogP contribution in [0, 0.1) is 5.92 Å². The van der Waals surface area contributed by atoms with Crippen molar-refractivity contribution in [2.75, 3.05) is 26.8 Å². The molecular formula is C30H39N3O3. The first-order chi connectivity index (χ1) is 17.6. The lowest BCUT2D eigenvalue weighted by Gasteiger charge is -2.30. The first kappa shape index (κ1) is 26.1. The monoisotopic (exact) mass is 489 g/mol. The molecule has 0 spiro atoms. The Morgan fingerprint density at radius 2 is 1.92 bits per heavy atom.